The third kappa shape index (κ3) is 7.98. The van der Waals surface area contributed by atoms with Gasteiger partial charge in [0.2, 0.25) is 0 Å². The van der Waals surface area contributed by atoms with E-state index in [1.807, 2.05) is 0 Å². The maximum atomic E-state index is 7.72. The van der Waals surface area contributed by atoms with Crippen molar-refractivity contribution in [2.75, 3.05) is 6.61 Å². The molecule has 80 valence electrons. The van der Waals surface area contributed by atoms with Crippen LogP contribution in [0.4, 0.5) is 0 Å². The van der Waals surface area contributed by atoms with Gasteiger partial charge in [-0.25, -0.2) is 15.4 Å². The Hall–Kier alpha value is -0.360. The minimum absolute atomic E-state index is 0.0940. The molecule has 0 saturated carbocycles. The minimum Gasteiger partial charge on any atom is -0.219 e. The molecule has 0 radical (unpaired) electrons. The molecule has 9 heteroatoms. The van der Waals surface area contributed by atoms with Crippen molar-refractivity contribution in [3.8, 4) is 0 Å². The lowest BCUT2D eigenvalue weighted by Gasteiger charge is -2.09. The Labute approximate surface area is 72.7 Å². The van der Waals surface area contributed by atoms with Crippen LogP contribution in [0.5, 0.6) is 0 Å². The summed E-state index contributed by atoms with van der Waals surface area (Å²) in [6, 6.07) is 0. The fourth-order valence-corrected chi connectivity index (χ4v) is 0.423. The first kappa shape index (κ1) is 12.6. The first-order chi connectivity index (χ1) is 6.35. The lowest BCUT2D eigenvalue weighted by Crippen LogP contribution is -2.19. The van der Waals surface area contributed by atoms with Gasteiger partial charge >= 0.3 is 0 Å². The molecule has 2 N–H and O–H groups in total. The van der Waals surface area contributed by atoms with E-state index in [4.69, 9.17) is 10.5 Å². The van der Waals surface area contributed by atoms with Crippen LogP contribution in [0, 0.1) is 0 Å². The fourth-order valence-electron chi connectivity index (χ4n) is 0.423. The monoisotopic (exact) mass is 202 g/mol. The molecule has 0 fully saturated rings. The average Bonchev–Trinajstić information content (AvgIpc) is 2.17. The zero-order valence-electron chi connectivity index (χ0n) is 6.74. The molecular weight excluding hydrogens is 192 g/mol. The van der Waals surface area contributed by atoms with Gasteiger partial charge in [0, 0.05) is 0 Å². The molecule has 0 aliphatic heterocycles. The van der Waals surface area contributed by atoms with Gasteiger partial charge in [0.1, 0.15) is 12.7 Å². The van der Waals surface area contributed by atoms with Gasteiger partial charge in [0.25, 0.3) is 0 Å². The fraction of sp³-hybridized carbons (Fsp3) is 1.00. The van der Waals surface area contributed by atoms with E-state index >= 15 is 0 Å². The van der Waals surface area contributed by atoms with E-state index in [0.717, 1.165) is 0 Å². The molecule has 1 unspecified atom stereocenters. The maximum Gasteiger partial charge on any atom is 0.122 e. The molecule has 0 bridgehead atoms. The van der Waals surface area contributed by atoms with Crippen LogP contribution in [0.25, 0.3) is 0 Å². The highest BCUT2D eigenvalue weighted by Crippen LogP contribution is 2.00. The molecule has 0 heterocycles. The molecule has 13 heavy (non-hydrogen) atoms. The van der Waals surface area contributed by atoms with Gasteiger partial charge in [-0.15, -0.1) is 0 Å². The first-order valence-corrected chi connectivity index (χ1v) is 3.25. The van der Waals surface area contributed by atoms with Crippen LogP contribution in [-0.4, -0.2) is 23.2 Å². The normalized spacial score (nSPS) is 13.2. The van der Waals surface area contributed by atoms with Crippen molar-refractivity contribution in [3.05, 3.63) is 0 Å². The Morgan fingerprint density at radius 3 is 2.31 bits per heavy atom. The largest absolute Gasteiger partial charge is 0.219 e. The molecule has 0 aliphatic rings. The predicted octanol–water partition coefficient (Wildman–Crippen LogP) is 0.402. The van der Waals surface area contributed by atoms with Gasteiger partial charge in [-0.05, 0) is 31.6 Å². The van der Waals surface area contributed by atoms with Gasteiger partial charge in [-0.2, -0.15) is 4.89 Å². The smallest absolute Gasteiger partial charge is 0.122 e. The maximum absolute atomic E-state index is 7.72. The van der Waals surface area contributed by atoms with Crippen molar-refractivity contribution in [1.82, 2.24) is 0 Å². The highest BCUT2D eigenvalue weighted by molar-refractivity contribution is 4.47. The minimum atomic E-state index is -0.547. The Kier molecular flexibility index (Phi) is 9.46. The Morgan fingerprint density at radius 1 is 1.08 bits per heavy atom. The second kappa shape index (κ2) is 9.73. The van der Waals surface area contributed by atoms with E-state index in [1.54, 1.807) is 6.92 Å². The molecule has 0 rings (SSSR count). The molecular formula is C4H10O9. The molecule has 0 saturated heterocycles. The standard InChI is InChI=1S/C4H10O9/c1-2-4(8-12-9-5)3-7-11-13-10-6/h4-6H,2-3H2,1H3. The second-order valence-corrected chi connectivity index (χ2v) is 1.76. The Morgan fingerprint density at radius 2 is 1.77 bits per heavy atom. The van der Waals surface area contributed by atoms with Gasteiger partial charge in [-0.1, -0.05) is 6.92 Å². The van der Waals surface area contributed by atoms with Crippen LogP contribution < -0.4 is 0 Å². The Bertz CT molecular complexity index is 97.6. The summed E-state index contributed by atoms with van der Waals surface area (Å²) in [6.07, 6.45) is -0.0541. The third-order valence-corrected chi connectivity index (χ3v) is 1.02. The third-order valence-electron chi connectivity index (χ3n) is 1.02. The number of hydrogen-bond acceptors (Lipinski definition) is 9. The summed E-state index contributed by atoms with van der Waals surface area (Å²) in [5, 5.41) is 32.6. The Balaban J connectivity index is 3.25. The molecule has 0 aromatic heterocycles. The number of hydrogen-bond donors (Lipinski definition) is 2. The van der Waals surface area contributed by atoms with E-state index in [0.29, 0.717) is 6.42 Å². The van der Waals surface area contributed by atoms with Crippen molar-refractivity contribution >= 4 is 0 Å². The van der Waals surface area contributed by atoms with Crippen molar-refractivity contribution in [3.63, 3.8) is 0 Å². The summed E-state index contributed by atoms with van der Waals surface area (Å²) in [5.41, 5.74) is 0. The van der Waals surface area contributed by atoms with Crippen LogP contribution >= 0.6 is 0 Å². The summed E-state index contributed by atoms with van der Waals surface area (Å²) in [7, 11) is 0. The highest BCUT2D eigenvalue weighted by Gasteiger charge is 2.09. The van der Waals surface area contributed by atoms with Crippen molar-refractivity contribution < 1.29 is 45.5 Å². The van der Waals surface area contributed by atoms with E-state index in [1.165, 1.54) is 0 Å². The topological polar surface area (TPSA) is 105 Å². The molecule has 0 aromatic rings. The quantitative estimate of drug-likeness (QED) is 0.312. The molecule has 0 aromatic carbocycles. The zero-order valence-corrected chi connectivity index (χ0v) is 6.74. The van der Waals surface area contributed by atoms with Crippen LogP contribution in [-0.2, 0) is 35.0 Å². The van der Waals surface area contributed by atoms with Gasteiger partial charge in [0.15, 0.2) is 0 Å². The van der Waals surface area contributed by atoms with Crippen LogP contribution in [0.3, 0.4) is 0 Å². The first-order valence-electron chi connectivity index (χ1n) is 3.25. The summed E-state index contributed by atoms with van der Waals surface area (Å²) in [5.74, 6) is 0. The molecule has 0 aliphatic carbocycles. The summed E-state index contributed by atoms with van der Waals surface area (Å²) in [6.45, 7) is 1.65. The molecule has 0 amide bonds. The van der Waals surface area contributed by atoms with Crippen LogP contribution in [0.15, 0.2) is 0 Å². The predicted molar refractivity (Wildman–Crippen MR) is 31.8 cm³/mol. The van der Waals surface area contributed by atoms with Crippen molar-refractivity contribution in [2.45, 2.75) is 19.4 Å². The van der Waals surface area contributed by atoms with E-state index in [9.17, 15) is 0 Å². The summed E-state index contributed by atoms with van der Waals surface area (Å²) in [4.78, 5) is 8.66. The summed E-state index contributed by atoms with van der Waals surface area (Å²) < 4.78 is 0. The molecule has 0 spiro atoms. The lowest BCUT2D eigenvalue weighted by atomic mass is 10.3. The molecule has 1 atom stereocenters. The van der Waals surface area contributed by atoms with Gasteiger partial charge in [-0.3, -0.25) is 0 Å². The lowest BCUT2D eigenvalue weighted by molar-refractivity contribution is -0.705. The van der Waals surface area contributed by atoms with Gasteiger partial charge < -0.3 is 0 Å². The van der Waals surface area contributed by atoms with Crippen LogP contribution in [0.2, 0.25) is 0 Å². The van der Waals surface area contributed by atoms with Gasteiger partial charge in [0.05, 0.1) is 0 Å². The highest BCUT2D eigenvalue weighted by atomic mass is 17.8. The second-order valence-electron chi connectivity index (χ2n) is 1.76. The average molecular weight is 202 g/mol. The van der Waals surface area contributed by atoms with Crippen LogP contribution in [0.1, 0.15) is 13.3 Å². The number of rotatable bonds is 9. The molecule has 9 nitrogen and oxygen atoms in total. The zero-order chi connectivity index (χ0) is 9.94. The SMILES string of the molecule is CCC(COOOOO)OOOO. The van der Waals surface area contributed by atoms with E-state index in [2.05, 4.69) is 35.0 Å². The van der Waals surface area contributed by atoms with E-state index < -0.39 is 6.10 Å². The van der Waals surface area contributed by atoms with E-state index in [-0.39, 0.29) is 6.61 Å². The summed E-state index contributed by atoms with van der Waals surface area (Å²) >= 11 is 0. The van der Waals surface area contributed by atoms with Crippen molar-refractivity contribution in [2.24, 2.45) is 0 Å². The van der Waals surface area contributed by atoms with Crippen molar-refractivity contribution in [1.29, 1.82) is 0 Å².